The fourth-order valence-corrected chi connectivity index (χ4v) is 4.97. The maximum Gasteiger partial charge on any atom is 0.150 e. The molecule has 142 valence electrons. The van der Waals surface area contributed by atoms with Crippen LogP contribution < -0.4 is 10.2 Å². The molecule has 5 heteroatoms. The Morgan fingerprint density at radius 1 is 1.19 bits per heavy atom. The van der Waals surface area contributed by atoms with Crippen molar-refractivity contribution in [2.75, 3.05) is 18.0 Å². The molecule has 4 nitrogen and oxygen atoms in total. The summed E-state index contributed by atoms with van der Waals surface area (Å²) in [7, 11) is 0. The Morgan fingerprint density at radius 3 is 2.74 bits per heavy atom. The number of nitrogens with one attached hydrogen (secondary N) is 1. The van der Waals surface area contributed by atoms with Crippen LogP contribution in [0.15, 0.2) is 42.0 Å². The molecule has 1 atom stereocenters. The van der Waals surface area contributed by atoms with Gasteiger partial charge in [0.15, 0.2) is 0 Å². The van der Waals surface area contributed by atoms with Crippen molar-refractivity contribution in [2.24, 2.45) is 0 Å². The van der Waals surface area contributed by atoms with Gasteiger partial charge in [0.1, 0.15) is 12.1 Å². The van der Waals surface area contributed by atoms with Crippen molar-refractivity contribution >= 4 is 27.4 Å². The third-order valence-electron chi connectivity index (χ3n) is 5.54. The minimum atomic E-state index is 0.549. The minimum absolute atomic E-state index is 0.549. The van der Waals surface area contributed by atoms with Gasteiger partial charge in [0, 0.05) is 25.2 Å². The van der Waals surface area contributed by atoms with Crippen LogP contribution in [0.3, 0.4) is 0 Å². The van der Waals surface area contributed by atoms with Gasteiger partial charge in [-0.05, 0) is 56.0 Å². The highest BCUT2D eigenvalue weighted by Crippen LogP contribution is 2.32. The van der Waals surface area contributed by atoms with Gasteiger partial charge in [-0.3, -0.25) is 0 Å². The monoisotopic (exact) mass is 380 g/mol. The highest BCUT2D eigenvalue weighted by Gasteiger charge is 2.23. The topological polar surface area (TPSA) is 41.0 Å². The molecule has 1 fully saturated rings. The molecule has 3 aromatic rings. The molecule has 27 heavy (non-hydrogen) atoms. The van der Waals surface area contributed by atoms with Crippen LogP contribution in [0.2, 0.25) is 0 Å². The second kappa shape index (κ2) is 8.36. The number of rotatable bonds is 6. The molecule has 0 radical (unpaired) electrons. The van der Waals surface area contributed by atoms with Gasteiger partial charge in [-0.1, -0.05) is 30.3 Å². The van der Waals surface area contributed by atoms with Crippen LogP contribution in [0.5, 0.6) is 0 Å². The molecular formula is C22H28N4S. The minimum Gasteiger partial charge on any atom is -0.355 e. The molecule has 3 heterocycles. The maximum atomic E-state index is 4.60. The predicted molar refractivity (Wildman–Crippen MR) is 115 cm³/mol. The Kier molecular flexibility index (Phi) is 5.69. The zero-order valence-corrected chi connectivity index (χ0v) is 17.0. The lowest BCUT2D eigenvalue weighted by atomic mass is 10.0. The average molecular weight is 381 g/mol. The molecule has 4 rings (SSSR count). The van der Waals surface area contributed by atoms with Gasteiger partial charge < -0.3 is 10.2 Å². The van der Waals surface area contributed by atoms with Crippen LogP contribution >= 0.6 is 11.3 Å². The largest absolute Gasteiger partial charge is 0.355 e. The number of benzene rings is 1. The van der Waals surface area contributed by atoms with E-state index < -0.39 is 0 Å². The number of fused-ring (bicyclic) bond motifs is 1. The second-order valence-electron chi connectivity index (χ2n) is 7.65. The van der Waals surface area contributed by atoms with Gasteiger partial charge in [0.2, 0.25) is 0 Å². The number of piperidine rings is 1. The smallest absolute Gasteiger partial charge is 0.150 e. The van der Waals surface area contributed by atoms with Crippen molar-refractivity contribution in [1.29, 1.82) is 0 Å². The van der Waals surface area contributed by atoms with Crippen LogP contribution in [-0.2, 0) is 6.42 Å². The van der Waals surface area contributed by atoms with E-state index in [1.165, 1.54) is 35.1 Å². The van der Waals surface area contributed by atoms with Crippen LogP contribution in [0, 0.1) is 6.92 Å². The molecule has 1 saturated heterocycles. The fraction of sp³-hybridized carbons (Fsp3) is 0.455. The third kappa shape index (κ3) is 4.30. The molecule has 0 bridgehead atoms. The van der Waals surface area contributed by atoms with E-state index in [-0.39, 0.29) is 0 Å². The van der Waals surface area contributed by atoms with Crippen molar-refractivity contribution < 1.29 is 0 Å². The highest BCUT2D eigenvalue weighted by atomic mass is 32.1. The maximum absolute atomic E-state index is 4.60. The lowest BCUT2D eigenvalue weighted by molar-refractivity contribution is 0.366. The summed E-state index contributed by atoms with van der Waals surface area (Å²) in [6.45, 7) is 6.57. The van der Waals surface area contributed by atoms with Gasteiger partial charge in [-0.2, -0.15) is 0 Å². The SMILES string of the molecule is Cc1csc2c(N3CCC(NC(C)CCc4ccccc4)CC3)ncnc12. The van der Waals surface area contributed by atoms with Crippen LogP contribution in [-0.4, -0.2) is 35.1 Å². The number of anilines is 1. The van der Waals surface area contributed by atoms with E-state index in [1.807, 2.05) is 0 Å². The molecule has 1 N–H and O–H groups in total. The number of aryl methyl sites for hydroxylation is 2. The van der Waals surface area contributed by atoms with E-state index in [9.17, 15) is 0 Å². The summed E-state index contributed by atoms with van der Waals surface area (Å²) in [6.07, 6.45) is 6.39. The quantitative estimate of drug-likeness (QED) is 0.680. The number of hydrogen-bond donors (Lipinski definition) is 1. The Bertz CT molecular complexity index is 868. The van der Waals surface area contributed by atoms with E-state index in [1.54, 1.807) is 17.7 Å². The Hall–Kier alpha value is -1.98. The first-order chi connectivity index (χ1) is 13.2. The van der Waals surface area contributed by atoms with Crippen LogP contribution in [0.1, 0.15) is 37.3 Å². The van der Waals surface area contributed by atoms with Crippen molar-refractivity contribution in [3.05, 3.63) is 53.2 Å². The van der Waals surface area contributed by atoms with E-state index >= 15 is 0 Å². The van der Waals surface area contributed by atoms with E-state index in [0.29, 0.717) is 12.1 Å². The van der Waals surface area contributed by atoms with Gasteiger partial charge in [0.05, 0.1) is 10.2 Å². The standard InChI is InChI=1S/C22H28N4S/c1-16-14-27-21-20(16)23-15-24-22(21)26-12-10-19(11-13-26)25-17(2)8-9-18-6-4-3-5-7-18/h3-7,14-15,17,19,25H,8-13H2,1-2H3. The van der Waals surface area contributed by atoms with E-state index in [0.717, 1.165) is 30.8 Å². The van der Waals surface area contributed by atoms with Gasteiger partial charge in [0.25, 0.3) is 0 Å². The first kappa shape index (κ1) is 18.4. The molecule has 1 aliphatic rings. The molecule has 1 aliphatic heterocycles. The van der Waals surface area contributed by atoms with E-state index in [2.05, 4.69) is 69.7 Å². The summed E-state index contributed by atoms with van der Waals surface area (Å²) >= 11 is 1.77. The summed E-state index contributed by atoms with van der Waals surface area (Å²) < 4.78 is 1.23. The molecule has 1 unspecified atom stereocenters. The van der Waals surface area contributed by atoms with Gasteiger partial charge in [-0.15, -0.1) is 11.3 Å². The fourth-order valence-electron chi connectivity index (χ4n) is 3.95. The molecule has 2 aromatic heterocycles. The Morgan fingerprint density at radius 2 is 1.96 bits per heavy atom. The molecule has 1 aromatic carbocycles. The first-order valence-corrected chi connectivity index (χ1v) is 10.8. The van der Waals surface area contributed by atoms with Gasteiger partial charge in [-0.25, -0.2) is 9.97 Å². The lowest BCUT2D eigenvalue weighted by Crippen LogP contribution is -2.45. The van der Waals surface area contributed by atoms with E-state index in [4.69, 9.17) is 0 Å². The molecule has 0 aliphatic carbocycles. The molecule has 0 spiro atoms. The van der Waals surface area contributed by atoms with Crippen molar-refractivity contribution in [2.45, 2.75) is 51.6 Å². The lowest BCUT2D eigenvalue weighted by Gasteiger charge is -2.34. The summed E-state index contributed by atoms with van der Waals surface area (Å²) in [4.78, 5) is 11.5. The summed E-state index contributed by atoms with van der Waals surface area (Å²) in [5.74, 6) is 1.12. The van der Waals surface area contributed by atoms with Crippen molar-refractivity contribution in [3.63, 3.8) is 0 Å². The van der Waals surface area contributed by atoms with Crippen LogP contribution in [0.4, 0.5) is 5.82 Å². The second-order valence-corrected chi connectivity index (χ2v) is 8.53. The number of hydrogen-bond acceptors (Lipinski definition) is 5. The third-order valence-corrected chi connectivity index (χ3v) is 6.62. The van der Waals surface area contributed by atoms with Crippen molar-refractivity contribution in [1.82, 2.24) is 15.3 Å². The van der Waals surface area contributed by atoms with Crippen LogP contribution in [0.25, 0.3) is 10.2 Å². The number of aromatic nitrogens is 2. The first-order valence-electron chi connectivity index (χ1n) is 9.94. The summed E-state index contributed by atoms with van der Waals surface area (Å²) in [5, 5.41) is 6.03. The summed E-state index contributed by atoms with van der Waals surface area (Å²) in [5.41, 5.74) is 3.79. The Labute approximate surface area is 165 Å². The Balaban J connectivity index is 1.29. The predicted octanol–water partition coefficient (Wildman–Crippen LogP) is 4.58. The number of thiophene rings is 1. The molecule has 0 amide bonds. The number of nitrogens with zero attached hydrogens (tertiary/aromatic N) is 3. The van der Waals surface area contributed by atoms with Crippen molar-refractivity contribution in [3.8, 4) is 0 Å². The molecular weight excluding hydrogens is 352 g/mol. The zero-order chi connectivity index (χ0) is 18.6. The highest BCUT2D eigenvalue weighted by molar-refractivity contribution is 7.18. The van der Waals surface area contributed by atoms with Gasteiger partial charge >= 0.3 is 0 Å². The zero-order valence-electron chi connectivity index (χ0n) is 16.2. The average Bonchev–Trinajstić information content (AvgIpc) is 3.09. The molecule has 0 saturated carbocycles. The normalized spacial score (nSPS) is 16.7. The summed E-state index contributed by atoms with van der Waals surface area (Å²) in [6, 6.07) is 11.9.